The van der Waals surface area contributed by atoms with Crippen LogP contribution in [0.3, 0.4) is 0 Å². The Kier molecular flexibility index (Phi) is 2.30. The first kappa shape index (κ1) is 10.5. The summed E-state index contributed by atoms with van der Waals surface area (Å²) in [5.74, 6) is -1.21. The molecule has 0 bridgehead atoms. The van der Waals surface area contributed by atoms with Crippen molar-refractivity contribution in [3.63, 3.8) is 0 Å². The van der Waals surface area contributed by atoms with Crippen LogP contribution in [0.25, 0.3) is 0 Å². The zero-order chi connectivity index (χ0) is 11.9. The summed E-state index contributed by atoms with van der Waals surface area (Å²) in [6.45, 7) is 1.68. The van der Waals surface area contributed by atoms with Crippen LogP contribution >= 0.6 is 0 Å². The van der Waals surface area contributed by atoms with Gasteiger partial charge in [-0.2, -0.15) is 0 Å². The third kappa shape index (κ3) is 1.32. The number of fused-ring (bicyclic) bond motifs is 1. The molecular weight excluding hydrogens is 212 g/mol. The van der Waals surface area contributed by atoms with Crippen molar-refractivity contribution in [1.82, 2.24) is 0 Å². The van der Waals surface area contributed by atoms with E-state index in [-0.39, 0.29) is 17.7 Å². The molecule has 5 heteroatoms. The number of hydrogen-bond donors (Lipinski definition) is 1. The maximum atomic E-state index is 11.5. The van der Waals surface area contributed by atoms with Gasteiger partial charge in [-0.05, 0) is 18.6 Å². The van der Waals surface area contributed by atoms with E-state index in [0.717, 1.165) is 0 Å². The van der Waals surface area contributed by atoms with Crippen LogP contribution in [0.1, 0.15) is 31.8 Å². The number of carbonyl (C=O) groups excluding carboxylic acids is 1. The van der Waals surface area contributed by atoms with E-state index in [0.29, 0.717) is 16.9 Å². The van der Waals surface area contributed by atoms with Gasteiger partial charge in [0.1, 0.15) is 17.9 Å². The van der Waals surface area contributed by atoms with Crippen LogP contribution in [0.5, 0.6) is 5.75 Å². The van der Waals surface area contributed by atoms with Crippen LogP contribution in [0.15, 0.2) is 6.07 Å². The minimum absolute atomic E-state index is 0.00750. The summed E-state index contributed by atoms with van der Waals surface area (Å²) >= 11 is 0. The number of carboxylic acids is 1. The molecule has 0 unspecified atom stereocenters. The molecule has 1 aliphatic heterocycles. The van der Waals surface area contributed by atoms with E-state index in [1.54, 1.807) is 6.92 Å². The number of aromatic carboxylic acids is 1. The zero-order valence-electron chi connectivity index (χ0n) is 8.86. The second kappa shape index (κ2) is 3.52. The Balaban J connectivity index is 2.77. The Labute approximate surface area is 91.6 Å². The number of rotatable bonds is 2. The van der Waals surface area contributed by atoms with Crippen molar-refractivity contribution >= 4 is 11.9 Å². The molecule has 0 amide bonds. The Morgan fingerprint density at radius 3 is 2.81 bits per heavy atom. The topological polar surface area (TPSA) is 72.8 Å². The second-order valence-electron chi connectivity index (χ2n) is 3.51. The molecule has 16 heavy (non-hydrogen) atoms. The fourth-order valence-electron chi connectivity index (χ4n) is 1.87. The summed E-state index contributed by atoms with van der Waals surface area (Å²) in [7, 11) is 1.44. The molecule has 1 aliphatic rings. The first-order chi connectivity index (χ1) is 7.56. The first-order valence-electron chi connectivity index (χ1n) is 4.67. The van der Waals surface area contributed by atoms with Crippen LogP contribution in [-0.2, 0) is 11.3 Å². The number of hydrogen-bond acceptors (Lipinski definition) is 4. The highest BCUT2D eigenvalue weighted by Crippen LogP contribution is 2.34. The molecule has 0 saturated heterocycles. The zero-order valence-corrected chi connectivity index (χ0v) is 8.86. The molecule has 0 saturated carbocycles. The van der Waals surface area contributed by atoms with Crippen LogP contribution in [0.4, 0.5) is 0 Å². The van der Waals surface area contributed by atoms with Gasteiger partial charge < -0.3 is 14.6 Å². The molecule has 0 atom stereocenters. The third-order valence-corrected chi connectivity index (χ3v) is 2.56. The van der Waals surface area contributed by atoms with E-state index in [1.807, 2.05) is 0 Å². The standard InChI is InChI=1S/C11H10O5/c1-5-3-6(10(12)13)7-4-16-11(14)8(7)9(5)15-2/h3H,4H2,1-2H3,(H,12,13). The molecule has 5 nitrogen and oxygen atoms in total. The lowest BCUT2D eigenvalue weighted by molar-refractivity contribution is 0.0528. The number of ether oxygens (including phenoxy) is 2. The summed E-state index contributed by atoms with van der Waals surface area (Å²) < 4.78 is 9.93. The molecular formula is C11H10O5. The average Bonchev–Trinajstić information content (AvgIpc) is 2.60. The molecule has 1 N–H and O–H groups in total. The van der Waals surface area contributed by atoms with E-state index >= 15 is 0 Å². The van der Waals surface area contributed by atoms with Crippen molar-refractivity contribution in [2.75, 3.05) is 7.11 Å². The normalized spacial score (nSPS) is 13.2. The Bertz CT molecular complexity index is 490. The fraction of sp³-hybridized carbons (Fsp3) is 0.273. The summed E-state index contributed by atoms with van der Waals surface area (Å²) in [5.41, 5.74) is 1.33. The summed E-state index contributed by atoms with van der Waals surface area (Å²) in [6, 6.07) is 1.49. The first-order valence-corrected chi connectivity index (χ1v) is 4.67. The van der Waals surface area contributed by atoms with Gasteiger partial charge in [0.05, 0.1) is 12.7 Å². The number of aryl methyl sites for hydroxylation is 1. The van der Waals surface area contributed by atoms with Gasteiger partial charge in [-0.25, -0.2) is 9.59 Å². The third-order valence-electron chi connectivity index (χ3n) is 2.56. The lowest BCUT2D eigenvalue weighted by Crippen LogP contribution is -2.06. The molecule has 0 fully saturated rings. The largest absolute Gasteiger partial charge is 0.496 e. The number of cyclic esters (lactones) is 1. The van der Waals surface area contributed by atoms with Crippen molar-refractivity contribution in [2.45, 2.75) is 13.5 Å². The number of methoxy groups -OCH3 is 1. The van der Waals surface area contributed by atoms with Gasteiger partial charge in [0.15, 0.2) is 0 Å². The van der Waals surface area contributed by atoms with Crippen molar-refractivity contribution in [3.8, 4) is 5.75 Å². The molecule has 1 heterocycles. The van der Waals surface area contributed by atoms with E-state index in [4.69, 9.17) is 14.6 Å². The summed E-state index contributed by atoms with van der Waals surface area (Å²) in [4.78, 5) is 22.5. The van der Waals surface area contributed by atoms with Gasteiger partial charge in [-0.15, -0.1) is 0 Å². The van der Waals surface area contributed by atoms with Crippen LogP contribution < -0.4 is 4.74 Å². The molecule has 84 valence electrons. The Morgan fingerprint density at radius 1 is 1.56 bits per heavy atom. The van der Waals surface area contributed by atoms with E-state index < -0.39 is 11.9 Å². The van der Waals surface area contributed by atoms with Gasteiger partial charge in [0.25, 0.3) is 0 Å². The monoisotopic (exact) mass is 222 g/mol. The van der Waals surface area contributed by atoms with Crippen LogP contribution in [-0.4, -0.2) is 24.2 Å². The molecule has 1 aromatic rings. The molecule has 0 aliphatic carbocycles. The molecule has 1 aromatic carbocycles. The van der Waals surface area contributed by atoms with Gasteiger partial charge >= 0.3 is 11.9 Å². The lowest BCUT2D eigenvalue weighted by atomic mass is 9.98. The van der Waals surface area contributed by atoms with Gasteiger partial charge in [0.2, 0.25) is 0 Å². The van der Waals surface area contributed by atoms with Crippen molar-refractivity contribution < 1.29 is 24.2 Å². The van der Waals surface area contributed by atoms with Crippen LogP contribution in [0.2, 0.25) is 0 Å². The SMILES string of the molecule is COc1c(C)cc(C(=O)O)c2c1C(=O)OC2. The molecule has 0 aromatic heterocycles. The average molecular weight is 222 g/mol. The summed E-state index contributed by atoms with van der Waals surface area (Å²) in [5, 5.41) is 9.02. The van der Waals surface area contributed by atoms with Crippen LogP contribution in [0, 0.1) is 6.92 Å². The number of esters is 1. The quantitative estimate of drug-likeness (QED) is 0.765. The summed E-state index contributed by atoms with van der Waals surface area (Å²) in [6.07, 6.45) is 0. The predicted octanol–water partition coefficient (Wildman–Crippen LogP) is 1.37. The van der Waals surface area contributed by atoms with E-state index in [9.17, 15) is 9.59 Å². The molecule has 0 spiro atoms. The van der Waals surface area contributed by atoms with Gasteiger partial charge in [0, 0.05) is 5.56 Å². The fourth-order valence-corrected chi connectivity index (χ4v) is 1.87. The van der Waals surface area contributed by atoms with E-state index in [1.165, 1.54) is 13.2 Å². The smallest absolute Gasteiger partial charge is 0.342 e. The van der Waals surface area contributed by atoms with Gasteiger partial charge in [-0.3, -0.25) is 0 Å². The highest BCUT2D eigenvalue weighted by atomic mass is 16.5. The Hall–Kier alpha value is -2.04. The van der Waals surface area contributed by atoms with E-state index in [2.05, 4.69) is 0 Å². The highest BCUT2D eigenvalue weighted by Gasteiger charge is 2.31. The molecule has 2 rings (SSSR count). The maximum Gasteiger partial charge on any atom is 0.342 e. The minimum Gasteiger partial charge on any atom is -0.496 e. The minimum atomic E-state index is -1.07. The number of carbonyl (C=O) groups is 2. The number of benzene rings is 1. The molecule has 0 radical (unpaired) electrons. The highest BCUT2D eigenvalue weighted by molar-refractivity contribution is 6.02. The van der Waals surface area contributed by atoms with Gasteiger partial charge in [-0.1, -0.05) is 0 Å². The van der Waals surface area contributed by atoms with Crippen molar-refractivity contribution in [2.24, 2.45) is 0 Å². The predicted molar refractivity (Wildman–Crippen MR) is 53.8 cm³/mol. The van der Waals surface area contributed by atoms with Crippen molar-refractivity contribution in [1.29, 1.82) is 0 Å². The Morgan fingerprint density at radius 2 is 2.25 bits per heavy atom. The van der Waals surface area contributed by atoms with Crippen molar-refractivity contribution in [3.05, 3.63) is 28.3 Å². The number of carboxylic acid groups (broad SMARTS) is 1. The lowest BCUT2D eigenvalue weighted by Gasteiger charge is -2.10. The maximum absolute atomic E-state index is 11.5. The second-order valence-corrected chi connectivity index (χ2v) is 3.51.